The molecule has 1 aromatic carbocycles. The molecule has 15 heavy (non-hydrogen) atoms. The average Bonchev–Trinajstić information content (AvgIpc) is 2.29. The molecule has 0 spiro atoms. The average molecular weight is 214 g/mol. The summed E-state index contributed by atoms with van der Waals surface area (Å²) in [5.74, 6) is 0. The Bertz CT molecular complexity index is 466. The van der Waals surface area contributed by atoms with Gasteiger partial charge in [-0.2, -0.15) is 0 Å². The Kier molecular flexibility index (Phi) is 3.15. The van der Waals surface area contributed by atoms with Crippen LogP contribution in [-0.4, -0.2) is 11.2 Å². The molecule has 0 unspecified atom stereocenters. The number of hydrogen-bond donors (Lipinski definition) is 1. The van der Waals surface area contributed by atoms with Gasteiger partial charge in [0.2, 0.25) is 0 Å². The van der Waals surface area contributed by atoms with Crippen LogP contribution in [0.1, 0.15) is 5.69 Å². The SMILES string of the molecule is Sc1ccccc1N=Cc1ccccn1. The maximum Gasteiger partial charge on any atom is 0.0812 e. The zero-order valence-electron chi connectivity index (χ0n) is 8.04. The van der Waals surface area contributed by atoms with Gasteiger partial charge < -0.3 is 0 Å². The molecule has 0 radical (unpaired) electrons. The Balaban J connectivity index is 2.23. The van der Waals surface area contributed by atoms with E-state index in [1.807, 2.05) is 42.5 Å². The van der Waals surface area contributed by atoms with E-state index in [0.717, 1.165) is 16.3 Å². The molecule has 2 nitrogen and oxygen atoms in total. The van der Waals surface area contributed by atoms with Crippen LogP contribution in [0.3, 0.4) is 0 Å². The molecule has 0 saturated carbocycles. The number of hydrogen-bond acceptors (Lipinski definition) is 3. The number of benzene rings is 1. The first-order chi connectivity index (χ1) is 7.36. The standard InChI is InChI=1S/C12H10N2S/c15-12-7-2-1-6-11(12)14-9-10-5-3-4-8-13-10/h1-9,15H. The quantitative estimate of drug-likeness (QED) is 0.603. The van der Waals surface area contributed by atoms with Crippen LogP contribution >= 0.6 is 12.6 Å². The van der Waals surface area contributed by atoms with Crippen LogP contribution in [0.5, 0.6) is 0 Å². The summed E-state index contributed by atoms with van der Waals surface area (Å²) in [5.41, 5.74) is 1.69. The van der Waals surface area contributed by atoms with Gasteiger partial charge in [0.25, 0.3) is 0 Å². The van der Waals surface area contributed by atoms with Gasteiger partial charge in [-0.1, -0.05) is 18.2 Å². The van der Waals surface area contributed by atoms with Gasteiger partial charge in [-0.3, -0.25) is 9.98 Å². The summed E-state index contributed by atoms with van der Waals surface area (Å²) in [7, 11) is 0. The normalized spacial score (nSPS) is 10.7. The highest BCUT2D eigenvalue weighted by atomic mass is 32.1. The number of pyridine rings is 1. The molecule has 0 saturated heterocycles. The van der Waals surface area contributed by atoms with Crippen molar-refractivity contribution in [2.24, 2.45) is 4.99 Å². The third-order valence-electron chi connectivity index (χ3n) is 1.91. The van der Waals surface area contributed by atoms with Crippen LogP contribution in [0.15, 0.2) is 58.5 Å². The van der Waals surface area contributed by atoms with Crippen LogP contribution in [0.25, 0.3) is 0 Å². The first kappa shape index (κ1) is 9.93. The molecule has 74 valence electrons. The zero-order chi connectivity index (χ0) is 10.5. The van der Waals surface area contributed by atoms with Crippen LogP contribution in [-0.2, 0) is 0 Å². The summed E-state index contributed by atoms with van der Waals surface area (Å²) in [5, 5.41) is 0. The second-order valence-corrected chi connectivity index (χ2v) is 3.48. The van der Waals surface area contributed by atoms with E-state index >= 15 is 0 Å². The van der Waals surface area contributed by atoms with E-state index in [2.05, 4.69) is 22.6 Å². The number of aromatic nitrogens is 1. The van der Waals surface area contributed by atoms with Gasteiger partial charge in [0, 0.05) is 11.1 Å². The number of rotatable bonds is 2. The number of aliphatic imine (C=N–C) groups is 1. The Morgan fingerprint density at radius 3 is 2.60 bits per heavy atom. The lowest BCUT2D eigenvalue weighted by atomic mass is 10.3. The highest BCUT2D eigenvalue weighted by Gasteiger charge is 1.93. The van der Waals surface area contributed by atoms with Crippen molar-refractivity contribution in [2.75, 3.05) is 0 Å². The third kappa shape index (κ3) is 2.67. The Morgan fingerprint density at radius 1 is 1.07 bits per heavy atom. The minimum absolute atomic E-state index is 0.842. The fraction of sp³-hybridized carbons (Fsp3) is 0. The molecule has 0 N–H and O–H groups in total. The molecule has 0 aliphatic carbocycles. The number of para-hydroxylation sites is 1. The largest absolute Gasteiger partial charge is 0.255 e. The van der Waals surface area contributed by atoms with Gasteiger partial charge in [-0.15, -0.1) is 12.6 Å². The summed E-state index contributed by atoms with van der Waals surface area (Å²) in [6, 6.07) is 13.4. The minimum atomic E-state index is 0.842. The fourth-order valence-corrected chi connectivity index (χ4v) is 1.38. The molecular weight excluding hydrogens is 204 g/mol. The van der Waals surface area contributed by atoms with Crippen molar-refractivity contribution in [3.05, 3.63) is 54.4 Å². The molecule has 0 aliphatic rings. The first-order valence-electron chi connectivity index (χ1n) is 4.59. The first-order valence-corrected chi connectivity index (χ1v) is 5.04. The van der Waals surface area contributed by atoms with Gasteiger partial charge in [0.1, 0.15) is 0 Å². The maximum absolute atomic E-state index is 4.31. The van der Waals surface area contributed by atoms with Gasteiger partial charge in [-0.05, 0) is 24.3 Å². The van der Waals surface area contributed by atoms with Crippen LogP contribution in [0.4, 0.5) is 5.69 Å². The van der Waals surface area contributed by atoms with Crippen LogP contribution in [0.2, 0.25) is 0 Å². The van der Waals surface area contributed by atoms with Gasteiger partial charge >= 0.3 is 0 Å². The van der Waals surface area contributed by atoms with Crippen molar-refractivity contribution in [1.29, 1.82) is 0 Å². The monoisotopic (exact) mass is 214 g/mol. The van der Waals surface area contributed by atoms with Crippen molar-refractivity contribution >= 4 is 24.5 Å². The molecule has 3 heteroatoms. The third-order valence-corrected chi connectivity index (χ3v) is 2.28. The molecule has 1 heterocycles. The summed E-state index contributed by atoms with van der Waals surface area (Å²) in [4.78, 5) is 9.33. The van der Waals surface area contributed by atoms with Crippen molar-refractivity contribution < 1.29 is 0 Å². The van der Waals surface area contributed by atoms with E-state index in [4.69, 9.17) is 0 Å². The highest BCUT2D eigenvalue weighted by molar-refractivity contribution is 7.80. The van der Waals surface area contributed by atoms with Crippen molar-refractivity contribution in [1.82, 2.24) is 4.98 Å². The van der Waals surface area contributed by atoms with Crippen LogP contribution in [0, 0.1) is 0 Å². The predicted molar refractivity (Wildman–Crippen MR) is 65.2 cm³/mol. The number of nitrogens with zero attached hydrogens (tertiary/aromatic N) is 2. The smallest absolute Gasteiger partial charge is 0.0812 e. The maximum atomic E-state index is 4.31. The molecule has 2 aromatic rings. The summed E-state index contributed by atoms with van der Waals surface area (Å²) in [6.45, 7) is 0. The van der Waals surface area contributed by atoms with Gasteiger partial charge in [0.05, 0.1) is 17.6 Å². The Morgan fingerprint density at radius 2 is 1.87 bits per heavy atom. The fourth-order valence-electron chi connectivity index (χ4n) is 1.16. The lowest BCUT2D eigenvalue weighted by Gasteiger charge is -1.96. The molecule has 2 rings (SSSR count). The molecule has 1 aromatic heterocycles. The topological polar surface area (TPSA) is 25.2 Å². The van der Waals surface area contributed by atoms with Crippen LogP contribution < -0.4 is 0 Å². The van der Waals surface area contributed by atoms with E-state index in [1.165, 1.54) is 0 Å². The van der Waals surface area contributed by atoms with Crippen molar-refractivity contribution in [3.8, 4) is 0 Å². The predicted octanol–water partition coefficient (Wildman–Crippen LogP) is 3.12. The van der Waals surface area contributed by atoms with Gasteiger partial charge in [-0.25, -0.2) is 0 Å². The molecule has 0 amide bonds. The molecule has 0 aliphatic heterocycles. The lowest BCUT2D eigenvalue weighted by Crippen LogP contribution is -1.83. The highest BCUT2D eigenvalue weighted by Crippen LogP contribution is 2.21. The van der Waals surface area contributed by atoms with E-state index in [1.54, 1.807) is 12.4 Å². The molecular formula is C12H10N2S. The van der Waals surface area contributed by atoms with Gasteiger partial charge in [0.15, 0.2) is 0 Å². The lowest BCUT2D eigenvalue weighted by molar-refractivity contribution is 1.29. The Hall–Kier alpha value is -1.61. The van der Waals surface area contributed by atoms with Crippen molar-refractivity contribution in [3.63, 3.8) is 0 Å². The molecule has 0 atom stereocenters. The summed E-state index contributed by atoms with van der Waals surface area (Å²) in [6.07, 6.45) is 3.48. The van der Waals surface area contributed by atoms with E-state index in [-0.39, 0.29) is 0 Å². The zero-order valence-corrected chi connectivity index (χ0v) is 8.93. The second kappa shape index (κ2) is 4.75. The van der Waals surface area contributed by atoms with E-state index in [9.17, 15) is 0 Å². The summed E-state index contributed by atoms with van der Waals surface area (Å²) >= 11 is 4.31. The second-order valence-electron chi connectivity index (χ2n) is 3.00. The summed E-state index contributed by atoms with van der Waals surface area (Å²) < 4.78 is 0. The van der Waals surface area contributed by atoms with E-state index < -0.39 is 0 Å². The Labute approximate surface area is 94.1 Å². The van der Waals surface area contributed by atoms with Crippen molar-refractivity contribution in [2.45, 2.75) is 4.90 Å². The minimum Gasteiger partial charge on any atom is -0.255 e. The number of thiol groups is 1. The van der Waals surface area contributed by atoms with E-state index in [0.29, 0.717) is 0 Å². The molecule has 0 bridgehead atoms. The molecule has 0 fully saturated rings.